The number of hydrogen-bond donors (Lipinski definition) is 1. The zero-order valence-corrected chi connectivity index (χ0v) is 16.9. The summed E-state index contributed by atoms with van der Waals surface area (Å²) in [4.78, 5) is 12.7. The number of amides is 1. The van der Waals surface area contributed by atoms with E-state index in [-0.39, 0.29) is 11.6 Å². The highest BCUT2D eigenvalue weighted by atomic mass is 16.5. The Balaban J connectivity index is 1.52. The first-order valence-corrected chi connectivity index (χ1v) is 9.53. The second-order valence-electron chi connectivity index (χ2n) is 6.72. The van der Waals surface area contributed by atoms with E-state index in [2.05, 4.69) is 27.7 Å². The molecule has 0 spiro atoms. The van der Waals surface area contributed by atoms with E-state index >= 15 is 0 Å². The number of nitrogens with one attached hydrogen (secondary N) is 1. The minimum Gasteiger partial charge on any atom is -0.497 e. The summed E-state index contributed by atoms with van der Waals surface area (Å²) in [6, 6.07) is 17.1. The van der Waals surface area contributed by atoms with Crippen molar-refractivity contribution in [2.45, 2.75) is 20.3 Å². The molecule has 0 unspecified atom stereocenters. The van der Waals surface area contributed by atoms with Crippen molar-refractivity contribution in [3.05, 3.63) is 71.5 Å². The largest absolute Gasteiger partial charge is 0.497 e. The Kier molecular flexibility index (Phi) is 5.30. The van der Waals surface area contributed by atoms with Crippen LogP contribution >= 0.6 is 0 Å². The number of benzene rings is 2. The van der Waals surface area contributed by atoms with Gasteiger partial charge in [0.05, 0.1) is 18.5 Å². The van der Waals surface area contributed by atoms with Crippen LogP contribution in [0, 0.1) is 6.92 Å². The summed E-state index contributed by atoms with van der Waals surface area (Å²) >= 11 is 0. The Hall–Kier alpha value is -3.94. The zero-order valence-electron chi connectivity index (χ0n) is 16.9. The molecule has 0 saturated heterocycles. The van der Waals surface area contributed by atoms with Gasteiger partial charge in [-0.15, -0.1) is 5.10 Å². The molecular formula is C22H21N5O3. The number of anilines is 1. The summed E-state index contributed by atoms with van der Waals surface area (Å²) in [5.41, 5.74) is 4.33. The number of aromatic nitrogens is 4. The van der Waals surface area contributed by atoms with Crippen molar-refractivity contribution in [2.24, 2.45) is 0 Å². The SMILES string of the molecule is CCc1ccc(-c2cc(NC(=O)c3nnn(-c4cccc(OC)c4)c3C)on2)cc1. The lowest BCUT2D eigenvalue weighted by Gasteiger charge is -2.05. The molecule has 0 atom stereocenters. The number of ether oxygens (including phenoxy) is 1. The summed E-state index contributed by atoms with van der Waals surface area (Å²) in [6.07, 6.45) is 0.968. The lowest BCUT2D eigenvalue weighted by Crippen LogP contribution is -2.13. The molecule has 0 radical (unpaired) electrons. The Morgan fingerprint density at radius 1 is 1.17 bits per heavy atom. The first-order valence-electron chi connectivity index (χ1n) is 9.53. The van der Waals surface area contributed by atoms with Gasteiger partial charge in [-0.2, -0.15) is 0 Å². The second-order valence-corrected chi connectivity index (χ2v) is 6.72. The third kappa shape index (κ3) is 3.80. The second kappa shape index (κ2) is 8.20. The van der Waals surface area contributed by atoms with Crippen LogP contribution in [0.3, 0.4) is 0 Å². The highest BCUT2D eigenvalue weighted by Gasteiger charge is 2.19. The van der Waals surface area contributed by atoms with Crippen LogP contribution in [0.2, 0.25) is 0 Å². The molecule has 30 heavy (non-hydrogen) atoms. The van der Waals surface area contributed by atoms with Gasteiger partial charge in [0.15, 0.2) is 5.69 Å². The average Bonchev–Trinajstić information content (AvgIpc) is 3.40. The van der Waals surface area contributed by atoms with Gasteiger partial charge in [0.1, 0.15) is 11.4 Å². The summed E-state index contributed by atoms with van der Waals surface area (Å²) in [5.74, 6) is 0.505. The van der Waals surface area contributed by atoms with Crippen LogP contribution in [-0.4, -0.2) is 33.2 Å². The molecule has 0 aliphatic carbocycles. The Morgan fingerprint density at radius 2 is 1.97 bits per heavy atom. The maximum Gasteiger partial charge on any atom is 0.280 e. The molecule has 0 aliphatic heterocycles. The van der Waals surface area contributed by atoms with Gasteiger partial charge >= 0.3 is 0 Å². The van der Waals surface area contributed by atoms with Crippen LogP contribution in [0.1, 0.15) is 28.7 Å². The maximum atomic E-state index is 12.7. The van der Waals surface area contributed by atoms with E-state index in [1.165, 1.54) is 5.56 Å². The van der Waals surface area contributed by atoms with E-state index in [1.807, 2.05) is 48.5 Å². The molecule has 0 fully saturated rings. The van der Waals surface area contributed by atoms with E-state index in [1.54, 1.807) is 24.8 Å². The lowest BCUT2D eigenvalue weighted by atomic mass is 10.1. The Labute approximate surface area is 173 Å². The van der Waals surface area contributed by atoms with Crippen LogP contribution in [0.15, 0.2) is 59.1 Å². The highest BCUT2D eigenvalue weighted by molar-refractivity contribution is 6.03. The monoisotopic (exact) mass is 403 g/mol. The number of carbonyl (C=O) groups is 1. The van der Waals surface area contributed by atoms with E-state index in [0.717, 1.165) is 17.7 Å². The Bertz CT molecular complexity index is 1180. The van der Waals surface area contributed by atoms with Crippen LogP contribution < -0.4 is 10.1 Å². The van der Waals surface area contributed by atoms with Crippen molar-refractivity contribution in [2.75, 3.05) is 12.4 Å². The molecule has 2 aromatic carbocycles. The van der Waals surface area contributed by atoms with Gasteiger partial charge in [-0.1, -0.05) is 47.6 Å². The van der Waals surface area contributed by atoms with Crippen molar-refractivity contribution in [3.8, 4) is 22.7 Å². The zero-order chi connectivity index (χ0) is 21.1. The minimum atomic E-state index is -0.425. The summed E-state index contributed by atoms with van der Waals surface area (Å²) in [6.45, 7) is 3.88. The van der Waals surface area contributed by atoms with Crippen LogP contribution in [0.5, 0.6) is 5.75 Å². The van der Waals surface area contributed by atoms with Crippen molar-refractivity contribution >= 4 is 11.8 Å². The van der Waals surface area contributed by atoms with Gasteiger partial charge < -0.3 is 9.26 Å². The summed E-state index contributed by atoms with van der Waals surface area (Å²) in [5, 5.41) is 14.9. The number of hydrogen-bond acceptors (Lipinski definition) is 6. The van der Waals surface area contributed by atoms with Crippen LogP contribution in [-0.2, 0) is 6.42 Å². The fourth-order valence-corrected chi connectivity index (χ4v) is 3.08. The molecule has 4 aromatic rings. The lowest BCUT2D eigenvalue weighted by molar-refractivity contribution is 0.101. The van der Waals surface area contributed by atoms with Crippen molar-refractivity contribution in [1.29, 1.82) is 0 Å². The van der Waals surface area contributed by atoms with E-state index < -0.39 is 5.91 Å². The summed E-state index contributed by atoms with van der Waals surface area (Å²) < 4.78 is 12.1. The number of carbonyl (C=O) groups excluding carboxylic acids is 1. The number of aryl methyl sites for hydroxylation is 1. The molecule has 0 bridgehead atoms. The number of rotatable bonds is 6. The first kappa shape index (κ1) is 19.4. The summed E-state index contributed by atoms with van der Waals surface area (Å²) in [7, 11) is 1.59. The molecule has 152 valence electrons. The third-order valence-corrected chi connectivity index (χ3v) is 4.81. The normalized spacial score (nSPS) is 10.8. The molecule has 1 N–H and O–H groups in total. The van der Waals surface area contributed by atoms with Gasteiger partial charge in [-0.3, -0.25) is 10.1 Å². The molecule has 0 saturated carbocycles. The number of nitrogens with zero attached hydrogens (tertiary/aromatic N) is 4. The molecule has 0 aliphatic rings. The predicted octanol–water partition coefficient (Wildman–Crippen LogP) is 4.05. The quantitative estimate of drug-likeness (QED) is 0.522. The Morgan fingerprint density at radius 3 is 2.70 bits per heavy atom. The highest BCUT2D eigenvalue weighted by Crippen LogP contribution is 2.23. The van der Waals surface area contributed by atoms with Crippen molar-refractivity contribution in [1.82, 2.24) is 20.2 Å². The first-order chi connectivity index (χ1) is 14.6. The molecule has 8 nitrogen and oxygen atoms in total. The van der Waals surface area contributed by atoms with E-state index in [4.69, 9.17) is 9.26 Å². The molecule has 4 rings (SSSR count). The molecule has 2 aromatic heterocycles. The van der Waals surface area contributed by atoms with Gasteiger partial charge in [-0.25, -0.2) is 4.68 Å². The topological polar surface area (TPSA) is 95.1 Å². The van der Waals surface area contributed by atoms with E-state index in [0.29, 0.717) is 17.1 Å². The molecule has 2 heterocycles. The smallest absolute Gasteiger partial charge is 0.280 e. The van der Waals surface area contributed by atoms with Gasteiger partial charge in [0.25, 0.3) is 5.91 Å². The standard InChI is InChI=1S/C22H21N5O3/c1-4-15-8-10-16(11-9-15)19-13-20(30-25-19)23-22(28)21-14(2)27(26-24-21)17-6-5-7-18(12-17)29-3/h5-13H,4H2,1-3H3,(H,23,28). The fourth-order valence-electron chi connectivity index (χ4n) is 3.08. The van der Waals surface area contributed by atoms with Crippen molar-refractivity contribution < 1.29 is 14.1 Å². The average molecular weight is 403 g/mol. The van der Waals surface area contributed by atoms with Crippen LogP contribution in [0.4, 0.5) is 5.88 Å². The van der Waals surface area contributed by atoms with E-state index in [9.17, 15) is 4.79 Å². The molecule has 8 heteroatoms. The van der Waals surface area contributed by atoms with Gasteiger partial charge in [-0.05, 0) is 31.0 Å². The minimum absolute atomic E-state index is 0.197. The maximum absolute atomic E-state index is 12.7. The molecular weight excluding hydrogens is 382 g/mol. The van der Waals surface area contributed by atoms with Gasteiger partial charge in [0, 0.05) is 17.7 Å². The fraction of sp³-hybridized carbons (Fsp3) is 0.182. The van der Waals surface area contributed by atoms with Crippen molar-refractivity contribution in [3.63, 3.8) is 0 Å². The molecule has 1 amide bonds. The number of methoxy groups -OCH3 is 1. The van der Waals surface area contributed by atoms with Crippen LogP contribution in [0.25, 0.3) is 16.9 Å². The predicted molar refractivity (Wildman–Crippen MR) is 112 cm³/mol. The third-order valence-electron chi connectivity index (χ3n) is 4.81. The van der Waals surface area contributed by atoms with Gasteiger partial charge in [0.2, 0.25) is 5.88 Å².